The zero-order valence-corrected chi connectivity index (χ0v) is 47.0. The highest BCUT2D eigenvalue weighted by Crippen LogP contribution is 2.17. The fraction of sp³-hybridized carbons (Fsp3) is 0.875. The van der Waals surface area contributed by atoms with Gasteiger partial charge in [-0.3, -0.25) is 9.59 Å². The molecule has 0 aliphatic rings. The normalized spacial score (nSPS) is 12.8. The van der Waals surface area contributed by atoms with E-state index in [9.17, 15) is 19.8 Å². The van der Waals surface area contributed by atoms with E-state index in [0.717, 1.165) is 44.9 Å². The number of aliphatic hydroxyl groups is 2. The van der Waals surface area contributed by atoms with Gasteiger partial charge in [-0.15, -0.1) is 0 Å². The molecule has 0 fully saturated rings. The average molecular weight is 985 g/mol. The molecule has 2 atom stereocenters. The third-order valence-corrected chi connectivity index (χ3v) is 14.4. The molecule has 3 N–H and O–H groups in total. The first-order valence-electron chi connectivity index (χ1n) is 31.3. The summed E-state index contributed by atoms with van der Waals surface area (Å²) in [4.78, 5) is 24.4. The predicted octanol–water partition coefficient (Wildman–Crippen LogP) is 19.6. The number of amides is 1. The molecule has 412 valence electrons. The van der Waals surface area contributed by atoms with Gasteiger partial charge in [0.1, 0.15) is 0 Å². The van der Waals surface area contributed by atoms with Crippen LogP contribution in [0, 0.1) is 0 Å². The molecule has 0 bridgehead atoms. The third-order valence-electron chi connectivity index (χ3n) is 14.4. The lowest BCUT2D eigenvalue weighted by Gasteiger charge is -2.20. The summed E-state index contributed by atoms with van der Waals surface area (Å²) in [5.74, 6) is -0.0607. The number of ether oxygens (including phenoxy) is 1. The second-order valence-corrected chi connectivity index (χ2v) is 21.4. The molecule has 0 aliphatic heterocycles. The van der Waals surface area contributed by atoms with Crippen molar-refractivity contribution in [3.8, 4) is 0 Å². The van der Waals surface area contributed by atoms with Crippen molar-refractivity contribution in [2.45, 2.75) is 347 Å². The number of carbonyl (C=O) groups is 2. The molecule has 0 saturated heterocycles. The van der Waals surface area contributed by atoms with Crippen LogP contribution in [0.5, 0.6) is 0 Å². The van der Waals surface area contributed by atoms with E-state index in [1.807, 2.05) is 6.08 Å². The molecular formula is C64H121NO5. The Labute approximate surface area is 436 Å². The van der Waals surface area contributed by atoms with Crippen molar-refractivity contribution < 1.29 is 24.5 Å². The van der Waals surface area contributed by atoms with E-state index in [1.165, 1.54) is 263 Å². The molecule has 6 nitrogen and oxygen atoms in total. The van der Waals surface area contributed by atoms with Gasteiger partial charge in [0.25, 0.3) is 0 Å². The maximum Gasteiger partial charge on any atom is 0.305 e. The number of aliphatic hydroxyl groups excluding tert-OH is 2. The Morgan fingerprint density at radius 1 is 0.386 bits per heavy atom. The summed E-state index contributed by atoms with van der Waals surface area (Å²) in [7, 11) is 0. The minimum Gasteiger partial charge on any atom is -0.466 e. The van der Waals surface area contributed by atoms with Gasteiger partial charge in [0.15, 0.2) is 0 Å². The van der Waals surface area contributed by atoms with E-state index >= 15 is 0 Å². The van der Waals surface area contributed by atoms with Crippen LogP contribution in [0.15, 0.2) is 36.5 Å². The number of nitrogens with one attached hydrogen (secondary N) is 1. The minimum absolute atomic E-state index is 0.00803. The molecule has 0 spiro atoms. The largest absolute Gasteiger partial charge is 0.466 e. The summed E-state index contributed by atoms with van der Waals surface area (Å²) in [5.41, 5.74) is 0. The topological polar surface area (TPSA) is 95.9 Å². The van der Waals surface area contributed by atoms with Crippen LogP contribution in [0.1, 0.15) is 335 Å². The number of rotatable bonds is 58. The molecule has 0 heterocycles. The number of hydrogen-bond donors (Lipinski definition) is 3. The van der Waals surface area contributed by atoms with Gasteiger partial charge in [-0.2, -0.15) is 0 Å². The fourth-order valence-corrected chi connectivity index (χ4v) is 9.57. The van der Waals surface area contributed by atoms with Gasteiger partial charge >= 0.3 is 5.97 Å². The Hall–Kier alpha value is -1.92. The highest BCUT2D eigenvalue weighted by Gasteiger charge is 2.18. The van der Waals surface area contributed by atoms with Crippen molar-refractivity contribution in [2.24, 2.45) is 0 Å². The van der Waals surface area contributed by atoms with Gasteiger partial charge in [0.05, 0.1) is 25.4 Å². The predicted molar refractivity (Wildman–Crippen MR) is 306 cm³/mol. The molecule has 0 radical (unpaired) electrons. The van der Waals surface area contributed by atoms with Crippen molar-refractivity contribution in [2.75, 3.05) is 13.2 Å². The lowest BCUT2D eigenvalue weighted by Crippen LogP contribution is -2.45. The first-order valence-corrected chi connectivity index (χ1v) is 31.3. The maximum atomic E-state index is 12.4. The van der Waals surface area contributed by atoms with Crippen LogP contribution in [-0.2, 0) is 14.3 Å². The molecule has 0 aromatic heterocycles. The Morgan fingerprint density at radius 2 is 0.671 bits per heavy atom. The molecule has 0 aromatic carbocycles. The second-order valence-electron chi connectivity index (χ2n) is 21.4. The molecule has 0 rings (SSSR count). The van der Waals surface area contributed by atoms with E-state index < -0.39 is 12.1 Å². The molecule has 0 saturated carbocycles. The lowest BCUT2D eigenvalue weighted by atomic mass is 10.0. The number of carbonyl (C=O) groups excluding carboxylic acids is 2. The highest BCUT2D eigenvalue weighted by molar-refractivity contribution is 5.76. The van der Waals surface area contributed by atoms with Gasteiger partial charge in [0.2, 0.25) is 5.91 Å². The Morgan fingerprint density at radius 3 is 1.01 bits per heavy atom. The Balaban J connectivity index is 3.35. The number of esters is 1. The van der Waals surface area contributed by atoms with Gasteiger partial charge < -0.3 is 20.3 Å². The molecule has 2 unspecified atom stereocenters. The van der Waals surface area contributed by atoms with E-state index in [1.54, 1.807) is 6.08 Å². The fourth-order valence-electron chi connectivity index (χ4n) is 9.57. The monoisotopic (exact) mass is 984 g/mol. The SMILES string of the molecule is CCCCCCC/C=C\CCCCCCCC(=O)OCCCCCCCCCCCCCC/C=C\CCCCCCCCCCCCCCCCC(=O)NC(CO)C(O)/C=C/CCCCCCCCC. The minimum atomic E-state index is -0.841. The van der Waals surface area contributed by atoms with E-state index in [4.69, 9.17) is 4.74 Å². The third kappa shape index (κ3) is 55.4. The number of allylic oxidation sites excluding steroid dienone is 5. The summed E-state index contributed by atoms with van der Waals surface area (Å²) in [6.07, 6.45) is 75.0. The van der Waals surface area contributed by atoms with Crippen LogP contribution in [0.2, 0.25) is 0 Å². The van der Waals surface area contributed by atoms with Crippen molar-refractivity contribution in [3.63, 3.8) is 0 Å². The van der Waals surface area contributed by atoms with Crippen molar-refractivity contribution in [1.29, 1.82) is 0 Å². The van der Waals surface area contributed by atoms with E-state index in [2.05, 4.69) is 43.5 Å². The average Bonchev–Trinajstić information content (AvgIpc) is 3.36. The molecule has 0 aliphatic carbocycles. The number of unbranched alkanes of at least 4 members (excludes halogenated alkanes) is 43. The first-order chi connectivity index (χ1) is 34.5. The zero-order chi connectivity index (χ0) is 50.7. The van der Waals surface area contributed by atoms with Crippen LogP contribution in [0.3, 0.4) is 0 Å². The van der Waals surface area contributed by atoms with Crippen molar-refractivity contribution >= 4 is 11.9 Å². The van der Waals surface area contributed by atoms with Crippen LogP contribution in [0.4, 0.5) is 0 Å². The summed E-state index contributed by atoms with van der Waals surface area (Å²) in [5, 5.41) is 22.9. The lowest BCUT2D eigenvalue weighted by molar-refractivity contribution is -0.143. The van der Waals surface area contributed by atoms with Crippen LogP contribution < -0.4 is 5.32 Å². The summed E-state index contributed by atoms with van der Waals surface area (Å²) in [6.45, 7) is 4.87. The Kier molecular flexibility index (Phi) is 58.0. The summed E-state index contributed by atoms with van der Waals surface area (Å²) >= 11 is 0. The van der Waals surface area contributed by atoms with E-state index in [-0.39, 0.29) is 18.5 Å². The van der Waals surface area contributed by atoms with Crippen LogP contribution in [0.25, 0.3) is 0 Å². The zero-order valence-electron chi connectivity index (χ0n) is 47.0. The molecule has 0 aromatic rings. The summed E-state index contributed by atoms with van der Waals surface area (Å²) < 4.78 is 5.48. The molecule has 6 heteroatoms. The van der Waals surface area contributed by atoms with Gasteiger partial charge in [-0.05, 0) is 83.5 Å². The number of hydrogen-bond acceptors (Lipinski definition) is 5. The van der Waals surface area contributed by atoms with Crippen molar-refractivity contribution in [1.82, 2.24) is 5.32 Å². The van der Waals surface area contributed by atoms with Gasteiger partial charge in [-0.1, -0.05) is 275 Å². The second kappa shape index (κ2) is 59.6. The summed E-state index contributed by atoms with van der Waals surface area (Å²) in [6, 6.07) is -0.624. The van der Waals surface area contributed by atoms with Crippen LogP contribution >= 0.6 is 0 Å². The maximum absolute atomic E-state index is 12.4. The molecule has 70 heavy (non-hydrogen) atoms. The van der Waals surface area contributed by atoms with E-state index in [0.29, 0.717) is 19.4 Å². The first kappa shape index (κ1) is 68.1. The molecular weight excluding hydrogens is 863 g/mol. The van der Waals surface area contributed by atoms with Crippen LogP contribution in [-0.4, -0.2) is 47.4 Å². The Bertz CT molecular complexity index is 1130. The smallest absolute Gasteiger partial charge is 0.305 e. The highest BCUT2D eigenvalue weighted by atomic mass is 16.5. The van der Waals surface area contributed by atoms with Gasteiger partial charge in [0, 0.05) is 12.8 Å². The standard InChI is InChI=1S/C64H121NO5/c1-3-5-7-9-11-13-14-15-35-38-42-46-50-54-58-64(69)70-59-55-51-47-43-39-36-33-31-29-27-25-23-21-19-17-16-18-20-22-24-26-28-30-32-34-37-41-45-49-53-57-63(68)65-61(60-66)62(67)56-52-48-44-40-12-10-8-6-4-2/h14-15,17,19,52,56,61-62,66-67H,3-13,16,18,20-51,53-55,57-60H2,1-2H3,(H,65,68)/b15-14-,19-17-,56-52+. The van der Waals surface area contributed by atoms with Crippen molar-refractivity contribution in [3.05, 3.63) is 36.5 Å². The quantitative estimate of drug-likeness (QED) is 0.0321. The van der Waals surface area contributed by atoms with Gasteiger partial charge in [-0.25, -0.2) is 0 Å². The molecule has 1 amide bonds.